The summed E-state index contributed by atoms with van der Waals surface area (Å²) in [5.41, 5.74) is 1.49. The van der Waals surface area contributed by atoms with Gasteiger partial charge in [0.1, 0.15) is 12.2 Å². The van der Waals surface area contributed by atoms with Gasteiger partial charge in [0.15, 0.2) is 0 Å². The summed E-state index contributed by atoms with van der Waals surface area (Å²) in [6, 6.07) is 27.4. The van der Waals surface area contributed by atoms with Crippen molar-refractivity contribution < 1.29 is 10.2 Å². The summed E-state index contributed by atoms with van der Waals surface area (Å²) >= 11 is 0. The first kappa shape index (κ1) is 14.9. The van der Waals surface area contributed by atoms with Gasteiger partial charge in [0.05, 0.1) is 0 Å². The van der Waals surface area contributed by atoms with Crippen LogP contribution in [0.3, 0.4) is 0 Å². The second-order valence-corrected chi connectivity index (χ2v) is 6.03. The number of aliphatic hydroxyl groups is 2. The second kappa shape index (κ2) is 6.08. The van der Waals surface area contributed by atoms with E-state index in [1.54, 1.807) is 0 Å². The van der Waals surface area contributed by atoms with E-state index in [0.717, 1.165) is 32.7 Å². The number of rotatable bonds is 3. The van der Waals surface area contributed by atoms with E-state index >= 15 is 0 Å². The van der Waals surface area contributed by atoms with Crippen molar-refractivity contribution in [1.29, 1.82) is 0 Å². The molecule has 24 heavy (non-hydrogen) atoms. The number of aliphatic hydroxyl groups excluding tert-OH is 2. The Morgan fingerprint density at radius 3 is 1.29 bits per heavy atom. The van der Waals surface area contributed by atoms with Crippen LogP contribution in [0.5, 0.6) is 0 Å². The predicted octanol–water partition coefficient (Wildman–Crippen LogP) is 4.76. The molecule has 4 rings (SSSR count). The van der Waals surface area contributed by atoms with Crippen molar-refractivity contribution in [3.8, 4) is 0 Å². The fourth-order valence-electron chi connectivity index (χ4n) is 3.36. The summed E-state index contributed by atoms with van der Waals surface area (Å²) in [5, 5.41) is 25.7. The van der Waals surface area contributed by atoms with E-state index < -0.39 is 12.2 Å². The van der Waals surface area contributed by atoms with Crippen LogP contribution in [0.1, 0.15) is 23.3 Å². The van der Waals surface area contributed by atoms with Crippen molar-refractivity contribution in [3.05, 3.63) is 96.1 Å². The van der Waals surface area contributed by atoms with Gasteiger partial charge in [0.25, 0.3) is 0 Å². The fraction of sp³-hybridized carbons (Fsp3) is 0.0909. The van der Waals surface area contributed by atoms with Crippen LogP contribution < -0.4 is 0 Å². The minimum Gasteiger partial charge on any atom is -0.385 e. The van der Waals surface area contributed by atoms with Gasteiger partial charge in [-0.05, 0) is 32.7 Å². The number of benzene rings is 4. The van der Waals surface area contributed by atoms with Crippen molar-refractivity contribution in [2.24, 2.45) is 0 Å². The summed E-state index contributed by atoms with van der Waals surface area (Å²) < 4.78 is 0. The summed E-state index contributed by atoms with van der Waals surface area (Å²) in [6.45, 7) is 0. The van der Waals surface area contributed by atoms with E-state index in [1.165, 1.54) is 0 Å². The molecule has 0 aliphatic heterocycles. The van der Waals surface area contributed by atoms with Crippen LogP contribution in [0.2, 0.25) is 0 Å². The number of fused-ring (bicyclic) bond motifs is 2. The first-order valence-electron chi connectivity index (χ1n) is 8.07. The highest BCUT2D eigenvalue weighted by Crippen LogP contribution is 2.35. The molecule has 0 spiro atoms. The van der Waals surface area contributed by atoms with Crippen molar-refractivity contribution in [1.82, 2.24) is 0 Å². The normalized spacial score (nSPS) is 13.9. The standard InChI is InChI=1S/C22H18O2/c23-21(19-13-5-9-15-7-1-3-11-17(15)19)22(24)20-14-6-10-16-8-2-4-12-18(16)20/h1-14,21-24H/t21-,22-/m1/s1. The third-order valence-electron chi connectivity index (χ3n) is 4.58. The molecule has 0 aliphatic carbocycles. The van der Waals surface area contributed by atoms with Gasteiger partial charge in [-0.3, -0.25) is 0 Å². The lowest BCUT2D eigenvalue weighted by Crippen LogP contribution is -2.11. The maximum Gasteiger partial charge on any atom is 0.110 e. The molecule has 0 aliphatic rings. The fourth-order valence-corrected chi connectivity index (χ4v) is 3.36. The molecule has 0 saturated carbocycles. The number of hydrogen-bond acceptors (Lipinski definition) is 2. The zero-order chi connectivity index (χ0) is 16.5. The molecule has 2 heteroatoms. The molecule has 0 aromatic heterocycles. The van der Waals surface area contributed by atoms with Crippen LogP contribution in [0, 0.1) is 0 Å². The molecule has 0 amide bonds. The molecule has 2 N–H and O–H groups in total. The molecule has 0 saturated heterocycles. The lowest BCUT2D eigenvalue weighted by molar-refractivity contribution is 0.0190. The van der Waals surface area contributed by atoms with Crippen LogP contribution in [0.4, 0.5) is 0 Å². The van der Waals surface area contributed by atoms with E-state index in [0.29, 0.717) is 0 Å². The monoisotopic (exact) mass is 314 g/mol. The Morgan fingerprint density at radius 1 is 0.458 bits per heavy atom. The highest BCUT2D eigenvalue weighted by molar-refractivity contribution is 5.87. The average Bonchev–Trinajstić information content (AvgIpc) is 2.66. The van der Waals surface area contributed by atoms with Crippen LogP contribution in [0.25, 0.3) is 21.5 Å². The molecule has 4 aromatic rings. The van der Waals surface area contributed by atoms with E-state index in [9.17, 15) is 10.2 Å². The van der Waals surface area contributed by atoms with E-state index in [2.05, 4.69) is 0 Å². The minimum absolute atomic E-state index is 0.744. The molecule has 0 radical (unpaired) electrons. The molecule has 0 bridgehead atoms. The lowest BCUT2D eigenvalue weighted by atomic mass is 9.91. The third kappa shape index (κ3) is 2.46. The van der Waals surface area contributed by atoms with Gasteiger partial charge in [0.2, 0.25) is 0 Å². The van der Waals surface area contributed by atoms with Crippen LogP contribution in [-0.2, 0) is 0 Å². The molecule has 118 valence electrons. The smallest absolute Gasteiger partial charge is 0.110 e. The van der Waals surface area contributed by atoms with Crippen molar-refractivity contribution in [2.75, 3.05) is 0 Å². The maximum absolute atomic E-state index is 10.8. The van der Waals surface area contributed by atoms with Crippen LogP contribution in [-0.4, -0.2) is 10.2 Å². The SMILES string of the molecule is O[C@H](c1cccc2ccccc12)[C@H](O)c1cccc2ccccc12. The lowest BCUT2D eigenvalue weighted by Gasteiger charge is -2.21. The largest absolute Gasteiger partial charge is 0.385 e. The summed E-state index contributed by atoms with van der Waals surface area (Å²) in [6.07, 6.45) is -1.97. The van der Waals surface area contributed by atoms with Crippen molar-refractivity contribution >= 4 is 21.5 Å². The van der Waals surface area contributed by atoms with Gasteiger partial charge in [-0.25, -0.2) is 0 Å². The highest BCUT2D eigenvalue weighted by Gasteiger charge is 2.23. The van der Waals surface area contributed by atoms with Gasteiger partial charge in [-0.15, -0.1) is 0 Å². The van der Waals surface area contributed by atoms with E-state index in [-0.39, 0.29) is 0 Å². The highest BCUT2D eigenvalue weighted by atomic mass is 16.3. The second-order valence-electron chi connectivity index (χ2n) is 6.03. The molecule has 2 nitrogen and oxygen atoms in total. The Bertz CT molecular complexity index is 913. The molecular weight excluding hydrogens is 296 g/mol. The predicted molar refractivity (Wildman–Crippen MR) is 97.8 cm³/mol. The third-order valence-corrected chi connectivity index (χ3v) is 4.58. The molecule has 0 fully saturated rings. The molecule has 4 aromatic carbocycles. The topological polar surface area (TPSA) is 40.5 Å². The van der Waals surface area contributed by atoms with E-state index in [4.69, 9.17) is 0 Å². The van der Waals surface area contributed by atoms with Crippen LogP contribution in [0.15, 0.2) is 84.9 Å². The zero-order valence-corrected chi connectivity index (χ0v) is 13.1. The van der Waals surface area contributed by atoms with Gasteiger partial charge in [-0.2, -0.15) is 0 Å². The Morgan fingerprint density at radius 2 is 0.833 bits per heavy atom. The summed E-state index contributed by atoms with van der Waals surface area (Å²) in [4.78, 5) is 0. The molecule has 0 heterocycles. The quantitative estimate of drug-likeness (QED) is 0.572. The van der Waals surface area contributed by atoms with Gasteiger partial charge < -0.3 is 10.2 Å². The van der Waals surface area contributed by atoms with Crippen LogP contribution >= 0.6 is 0 Å². The van der Waals surface area contributed by atoms with E-state index in [1.807, 2.05) is 84.9 Å². The first-order valence-corrected chi connectivity index (χ1v) is 8.07. The minimum atomic E-state index is -0.984. The Labute approximate surface area is 140 Å². The Hall–Kier alpha value is -2.68. The maximum atomic E-state index is 10.8. The Balaban J connectivity index is 1.82. The average molecular weight is 314 g/mol. The molecule has 0 unspecified atom stereocenters. The van der Waals surface area contributed by atoms with Gasteiger partial charge in [0, 0.05) is 0 Å². The summed E-state index contributed by atoms with van der Waals surface area (Å²) in [5.74, 6) is 0. The molecule has 2 atom stereocenters. The van der Waals surface area contributed by atoms with Gasteiger partial charge >= 0.3 is 0 Å². The van der Waals surface area contributed by atoms with Crippen molar-refractivity contribution in [2.45, 2.75) is 12.2 Å². The zero-order valence-electron chi connectivity index (χ0n) is 13.1. The van der Waals surface area contributed by atoms with Crippen molar-refractivity contribution in [3.63, 3.8) is 0 Å². The number of hydrogen-bond donors (Lipinski definition) is 2. The Kier molecular flexibility index (Phi) is 3.77. The first-order chi connectivity index (χ1) is 11.8. The van der Waals surface area contributed by atoms with Gasteiger partial charge in [-0.1, -0.05) is 84.9 Å². The molecular formula is C22H18O2. The summed E-state index contributed by atoms with van der Waals surface area (Å²) in [7, 11) is 0.